The van der Waals surface area contributed by atoms with E-state index in [-0.39, 0.29) is 0 Å². The Morgan fingerprint density at radius 3 is 2.08 bits per heavy atom. The predicted molar refractivity (Wildman–Crippen MR) is 109 cm³/mol. The van der Waals surface area contributed by atoms with E-state index in [1.54, 1.807) is 0 Å². The van der Waals surface area contributed by atoms with Gasteiger partial charge in [0, 0.05) is 0 Å². The maximum atomic E-state index is 5.74. The molecule has 0 bridgehead atoms. The van der Waals surface area contributed by atoms with Gasteiger partial charge >= 0.3 is 0 Å². The van der Waals surface area contributed by atoms with Gasteiger partial charge in [-0.3, -0.25) is 0 Å². The molecule has 0 aromatic heterocycles. The molecule has 0 saturated carbocycles. The Bertz CT molecular complexity index is 426. The van der Waals surface area contributed by atoms with Gasteiger partial charge in [-0.25, -0.2) is 0 Å². The third-order valence-corrected chi connectivity index (χ3v) is 5.07. The van der Waals surface area contributed by atoms with Crippen LogP contribution in [0, 0.1) is 0 Å². The van der Waals surface area contributed by atoms with E-state index in [4.69, 9.17) is 13.9 Å². The number of aryl methyl sites for hydroxylation is 1. The molecule has 1 aromatic rings. The zero-order chi connectivity index (χ0) is 18.4. The van der Waals surface area contributed by atoms with E-state index in [9.17, 15) is 0 Å². The zero-order valence-electron chi connectivity index (χ0n) is 16.8. The van der Waals surface area contributed by atoms with Gasteiger partial charge in [0.25, 0.3) is 0 Å². The zero-order valence-corrected chi connectivity index (χ0v) is 17.8. The van der Waals surface area contributed by atoms with Crippen LogP contribution in [0.1, 0.15) is 51.0 Å². The van der Waals surface area contributed by atoms with Crippen molar-refractivity contribution in [2.24, 2.45) is 0 Å². The second-order valence-electron chi connectivity index (χ2n) is 7.58. The van der Waals surface area contributed by atoms with Crippen LogP contribution in [0.5, 0.6) is 5.75 Å². The Balaban J connectivity index is 2.04. The Morgan fingerprint density at radius 2 is 1.40 bits per heavy atom. The first-order valence-corrected chi connectivity index (χ1v) is 13.4. The van der Waals surface area contributed by atoms with Crippen molar-refractivity contribution in [3.8, 4) is 5.75 Å². The van der Waals surface area contributed by atoms with E-state index >= 15 is 0 Å². The van der Waals surface area contributed by atoms with Crippen LogP contribution in [-0.4, -0.2) is 34.7 Å². The fourth-order valence-corrected chi connectivity index (χ4v) is 3.28. The summed E-state index contributed by atoms with van der Waals surface area (Å²) in [5.74, 6) is 0.925. The first kappa shape index (κ1) is 22.2. The maximum absolute atomic E-state index is 5.74. The van der Waals surface area contributed by atoms with E-state index in [0.717, 1.165) is 5.75 Å². The summed E-state index contributed by atoms with van der Waals surface area (Å²) in [6, 6.07) is 8.51. The Kier molecular flexibility index (Phi) is 11.9. The highest BCUT2D eigenvalue weighted by molar-refractivity contribution is 6.69. The van der Waals surface area contributed by atoms with E-state index < -0.39 is 8.32 Å². The highest BCUT2D eigenvalue weighted by Crippen LogP contribution is 2.15. The first-order valence-electron chi connectivity index (χ1n) is 9.94. The summed E-state index contributed by atoms with van der Waals surface area (Å²) in [5, 5.41) is 0. The van der Waals surface area contributed by atoms with Crippen LogP contribution in [0.15, 0.2) is 24.3 Å². The summed E-state index contributed by atoms with van der Waals surface area (Å²) >= 11 is 0. The summed E-state index contributed by atoms with van der Waals surface area (Å²) in [4.78, 5) is 0. The van der Waals surface area contributed by atoms with Gasteiger partial charge in [-0.05, 0) is 50.2 Å². The summed E-state index contributed by atoms with van der Waals surface area (Å²) in [5.41, 5.74) is 1.41. The third-order valence-electron chi connectivity index (χ3n) is 4.00. The topological polar surface area (TPSA) is 27.7 Å². The van der Waals surface area contributed by atoms with Crippen LogP contribution in [0.4, 0.5) is 0 Å². The van der Waals surface area contributed by atoms with Crippen molar-refractivity contribution in [3.05, 3.63) is 29.8 Å². The lowest BCUT2D eigenvalue weighted by molar-refractivity contribution is 0.0748. The summed E-state index contributed by atoms with van der Waals surface area (Å²) in [6.45, 7) is 11.3. The van der Waals surface area contributed by atoms with E-state index in [1.165, 1.54) is 50.5 Å². The minimum atomic E-state index is -1.41. The molecule has 0 spiro atoms. The number of hydrogen-bond acceptors (Lipinski definition) is 3. The largest absolute Gasteiger partial charge is 0.491 e. The Morgan fingerprint density at radius 1 is 0.760 bits per heavy atom. The molecule has 0 radical (unpaired) electrons. The fourth-order valence-electron chi connectivity index (χ4n) is 2.59. The van der Waals surface area contributed by atoms with Crippen molar-refractivity contribution < 1.29 is 13.9 Å². The van der Waals surface area contributed by atoms with Gasteiger partial charge in [0.15, 0.2) is 8.32 Å². The lowest BCUT2D eigenvalue weighted by Crippen LogP contribution is -2.27. The molecule has 0 aliphatic carbocycles. The lowest BCUT2D eigenvalue weighted by Gasteiger charge is -2.16. The van der Waals surface area contributed by atoms with Crippen molar-refractivity contribution in [1.82, 2.24) is 0 Å². The summed E-state index contributed by atoms with van der Waals surface area (Å²) in [7, 11) is -1.41. The van der Waals surface area contributed by atoms with Crippen molar-refractivity contribution in [2.45, 2.75) is 71.5 Å². The molecule has 3 nitrogen and oxygen atoms in total. The molecule has 0 aliphatic rings. The Labute approximate surface area is 156 Å². The van der Waals surface area contributed by atoms with Gasteiger partial charge in [0.1, 0.15) is 12.4 Å². The standard InChI is InChI=1S/C21H38O3Si/c1-5-6-7-8-9-10-11-20-12-14-21(15-13-20)23-18-16-22-17-19-24-25(2,3)4/h12-15H,5-11,16-19H2,1-4H3. The van der Waals surface area contributed by atoms with Crippen molar-refractivity contribution in [1.29, 1.82) is 0 Å². The predicted octanol–water partition coefficient (Wildman–Crippen LogP) is 5.84. The van der Waals surface area contributed by atoms with Crippen LogP contribution >= 0.6 is 0 Å². The lowest BCUT2D eigenvalue weighted by atomic mass is 10.0. The molecule has 1 aromatic carbocycles. The van der Waals surface area contributed by atoms with Crippen LogP contribution < -0.4 is 4.74 Å². The molecule has 1 rings (SSSR count). The SMILES string of the molecule is CCCCCCCCc1ccc(OCCOCCO[Si](C)(C)C)cc1. The van der Waals surface area contributed by atoms with Gasteiger partial charge in [0.2, 0.25) is 0 Å². The van der Waals surface area contributed by atoms with Crippen LogP contribution in [0.3, 0.4) is 0 Å². The number of benzene rings is 1. The van der Waals surface area contributed by atoms with Gasteiger partial charge in [-0.2, -0.15) is 0 Å². The second kappa shape index (κ2) is 13.4. The molecule has 0 amide bonds. The van der Waals surface area contributed by atoms with Crippen LogP contribution in [0.2, 0.25) is 19.6 Å². The molecule has 0 saturated heterocycles. The molecule has 144 valence electrons. The van der Waals surface area contributed by atoms with E-state index in [0.29, 0.717) is 26.4 Å². The van der Waals surface area contributed by atoms with Crippen LogP contribution in [0.25, 0.3) is 0 Å². The normalized spacial score (nSPS) is 11.7. The molecule has 0 atom stereocenters. The molecule has 0 N–H and O–H groups in total. The minimum Gasteiger partial charge on any atom is -0.491 e. The second-order valence-corrected chi connectivity index (χ2v) is 12.1. The monoisotopic (exact) mass is 366 g/mol. The maximum Gasteiger partial charge on any atom is 0.183 e. The molecular weight excluding hydrogens is 328 g/mol. The third kappa shape index (κ3) is 13.1. The average molecular weight is 367 g/mol. The number of rotatable bonds is 15. The number of hydrogen-bond donors (Lipinski definition) is 0. The highest BCUT2D eigenvalue weighted by atomic mass is 28.4. The van der Waals surface area contributed by atoms with Gasteiger partial charge in [0.05, 0.1) is 19.8 Å². The van der Waals surface area contributed by atoms with Gasteiger partial charge in [-0.1, -0.05) is 51.2 Å². The van der Waals surface area contributed by atoms with E-state index in [2.05, 4.69) is 50.8 Å². The molecule has 4 heteroatoms. The molecule has 0 heterocycles. The smallest absolute Gasteiger partial charge is 0.183 e. The van der Waals surface area contributed by atoms with Crippen molar-refractivity contribution >= 4 is 8.32 Å². The summed E-state index contributed by atoms with van der Waals surface area (Å²) in [6.07, 6.45) is 9.26. The highest BCUT2D eigenvalue weighted by Gasteiger charge is 2.13. The number of unbranched alkanes of at least 4 members (excludes halogenated alkanes) is 5. The fraction of sp³-hybridized carbons (Fsp3) is 0.714. The molecule has 0 unspecified atom stereocenters. The van der Waals surface area contributed by atoms with Crippen molar-refractivity contribution in [2.75, 3.05) is 26.4 Å². The molecule has 0 aliphatic heterocycles. The van der Waals surface area contributed by atoms with Crippen LogP contribution in [-0.2, 0) is 15.6 Å². The Hall–Kier alpha value is -0.843. The number of ether oxygens (including phenoxy) is 2. The van der Waals surface area contributed by atoms with Crippen molar-refractivity contribution in [3.63, 3.8) is 0 Å². The average Bonchev–Trinajstić information content (AvgIpc) is 2.57. The minimum absolute atomic E-state index is 0.587. The summed E-state index contributed by atoms with van der Waals surface area (Å²) < 4.78 is 17.0. The molecule has 25 heavy (non-hydrogen) atoms. The van der Waals surface area contributed by atoms with Gasteiger partial charge in [-0.15, -0.1) is 0 Å². The molecular formula is C21H38O3Si. The quantitative estimate of drug-likeness (QED) is 0.288. The van der Waals surface area contributed by atoms with Gasteiger partial charge < -0.3 is 13.9 Å². The van der Waals surface area contributed by atoms with E-state index in [1.807, 2.05) is 0 Å². The first-order chi connectivity index (χ1) is 12.0. The molecule has 0 fully saturated rings.